The zero-order chi connectivity index (χ0) is 9.10. The molecule has 70 valence electrons. The molecule has 1 fully saturated rings. The Morgan fingerprint density at radius 2 is 2.31 bits per heavy atom. The fourth-order valence-corrected chi connectivity index (χ4v) is 1.48. The van der Waals surface area contributed by atoms with E-state index in [-0.39, 0.29) is 12.3 Å². The largest absolute Gasteiger partial charge is 0.343 e. The van der Waals surface area contributed by atoms with Gasteiger partial charge in [0.2, 0.25) is 12.3 Å². The molecule has 0 radical (unpaired) electrons. The molecule has 0 aliphatic carbocycles. The molecule has 1 aliphatic rings. The Morgan fingerprint density at radius 1 is 1.54 bits per heavy atom. The number of hydrogen-bond donors (Lipinski definition) is 0. The maximum atomic E-state index is 11.5. The first-order chi connectivity index (χ1) is 6.36. The van der Waals surface area contributed by atoms with Gasteiger partial charge in [-0.25, -0.2) is 0 Å². The van der Waals surface area contributed by atoms with Gasteiger partial charge >= 0.3 is 0 Å². The zero-order valence-corrected chi connectivity index (χ0v) is 7.27. The van der Waals surface area contributed by atoms with Gasteiger partial charge < -0.3 is 9.42 Å². The number of hydrogen-bond acceptors (Lipinski definition) is 4. The molecule has 0 saturated carbocycles. The van der Waals surface area contributed by atoms with Crippen LogP contribution >= 0.6 is 0 Å². The van der Waals surface area contributed by atoms with Crippen molar-refractivity contribution in [3.8, 4) is 0 Å². The summed E-state index contributed by atoms with van der Waals surface area (Å²) in [7, 11) is 0. The van der Waals surface area contributed by atoms with Gasteiger partial charge in [0.05, 0.1) is 6.42 Å². The van der Waals surface area contributed by atoms with Gasteiger partial charge in [0.25, 0.3) is 0 Å². The summed E-state index contributed by atoms with van der Waals surface area (Å²) >= 11 is 0. The summed E-state index contributed by atoms with van der Waals surface area (Å²) in [6, 6.07) is 0. The molecule has 13 heavy (non-hydrogen) atoms. The smallest absolute Gasteiger partial charge is 0.230 e. The second-order valence-electron chi connectivity index (χ2n) is 3.11. The molecule has 0 aromatic carbocycles. The lowest BCUT2D eigenvalue weighted by atomic mass is 10.3. The van der Waals surface area contributed by atoms with Crippen molar-refractivity contribution in [2.24, 2.45) is 0 Å². The first-order valence-electron chi connectivity index (χ1n) is 4.39. The summed E-state index contributed by atoms with van der Waals surface area (Å²) in [6.07, 6.45) is 3.72. The predicted octanol–water partition coefficient (Wildman–Crippen LogP) is 0.235. The maximum Gasteiger partial charge on any atom is 0.230 e. The van der Waals surface area contributed by atoms with E-state index in [9.17, 15) is 4.79 Å². The van der Waals surface area contributed by atoms with Crippen molar-refractivity contribution >= 4 is 5.91 Å². The third-order valence-corrected chi connectivity index (χ3v) is 2.18. The Balaban J connectivity index is 1.91. The monoisotopic (exact) mass is 181 g/mol. The Kier molecular flexibility index (Phi) is 2.25. The van der Waals surface area contributed by atoms with Crippen LogP contribution in [0.5, 0.6) is 0 Å². The average molecular weight is 181 g/mol. The fraction of sp³-hybridized carbons (Fsp3) is 0.625. The molecule has 5 heteroatoms. The quantitative estimate of drug-likeness (QED) is 0.655. The molecule has 0 bridgehead atoms. The van der Waals surface area contributed by atoms with E-state index in [4.69, 9.17) is 0 Å². The van der Waals surface area contributed by atoms with Crippen LogP contribution in [-0.4, -0.2) is 34.0 Å². The minimum Gasteiger partial charge on any atom is -0.343 e. The zero-order valence-electron chi connectivity index (χ0n) is 7.27. The number of likely N-dealkylation sites (tertiary alicyclic amines) is 1. The molecular weight excluding hydrogens is 170 g/mol. The first kappa shape index (κ1) is 8.22. The lowest BCUT2D eigenvalue weighted by Gasteiger charge is -2.13. The molecule has 1 amide bonds. The number of nitrogens with zero attached hydrogens (tertiary/aromatic N) is 3. The molecule has 0 unspecified atom stereocenters. The Bertz CT molecular complexity index is 278. The second-order valence-corrected chi connectivity index (χ2v) is 3.11. The molecule has 1 aromatic rings. The third kappa shape index (κ3) is 1.85. The molecular formula is C8H11N3O2. The van der Waals surface area contributed by atoms with Gasteiger partial charge in [-0.2, -0.15) is 4.98 Å². The van der Waals surface area contributed by atoms with Crippen molar-refractivity contribution in [3.05, 3.63) is 12.2 Å². The fourth-order valence-electron chi connectivity index (χ4n) is 1.48. The van der Waals surface area contributed by atoms with E-state index in [2.05, 4.69) is 14.7 Å². The standard InChI is InChI=1S/C8H11N3O2/c12-8(11-3-1-2-4-11)5-7-9-6-13-10-7/h6H,1-5H2. The van der Waals surface area contributed by atoms with Crippen molar-refractivity contribution in [3.63, 3.8) is 0 Å². The van der Waals surface area contributed by atoms with Crippen LogP contribution in [0, 0.1) is 0 Å². The second kappa shape index (κ2) is 3.55. The average Bonchev–Trinajstić information content (AvgIpc) is 2.74. The summed E-state index contributed by atoms with van der Waals surface area (Å²) < 4.78 is 4.55. The summed E-state index contributed by atoms with van der Waals surface area (Å²) in [4.78, 5) is 17.2. The van der Waals surface area contributed by atoms with Crippen LogP contribution in [0.25, 0.3) is 0 Å². The minimum atomic E-state index is 0.0962. The van der Waals surface area contributed by atoms with Crippen molar-refractivity contribution in [2.45, 2.75) is 19.3 Å². The van der Waals surface area contributed by atoms with Crippen LogP contribution in [0.1, 0.15) is 18.7 Å². The molecule has 1 aromatic heterocycles. The van der Waals surface area contributed by atoms with Gasteiger partial charge in [-0.05, 0) is 12.8 Å². The van der Waals surface area contributed by atoms with Gasteiger partial charge in [-0.3, -0.25) is 4.79 Å². The van der Waals surface area contributed by atoms with Crippen molar-refractivity contribution in [1.82, 2.24) is 15.0 Å². The predicted molar refractivity (Wildman–Crippen MR) is 43.8 cm³/mol. The topological polar surface area (TPSA) is 59.2 Å². The molecule has 0 N–H and O–H groups in total. The van der Waals surface area contributed by atoms with Gasteiger partial charge in [0, 0.05) is 13.1 Å². The lowest BCUT2D eigenvalue weighted by molar-refractivity contribution is -0.129. The van der Waals surface area contributed by atoms with Crippen molar-refractivity contribution in [1.29, 1.82) is 0 Å². The SMILES string of the molecule is O=C(Cc1ncon1)N1CCCC1. The molecule has 0 spiro atoms. The van der Waals surface area contributed by atoms with Crippen LogP contribution in [0.15, 0.2) is 10.9 Å². The van der Waals surface area contributed by atoms with E-state index in [1.54, 1.807) is 0 Å². The highest BCUT2D eigenvalue weighted by Gasteiger charge is 2.19. The van der Waals surface area contributed by atoms with Gasteiger partial charge in [-0.1, -0.05) is 5.16 Å². The Hall–Kier alpha value is -1.39. The number of aromatic nitrogens is 2. The van der Waals surface area contributed by atoms with Gasteiger partial charge in [0.1, 0.15) is 0 Å². The van der Waals surface area contributed by atoms with E-state index in [0.29, 0.717) is 5.82 Å². The van der Waals surface area contributed by atoms with Gasteiger partial charge in [0.15, 0.2) is 5.82 Å². The Labute approximate surface area is 75.7 Å². The van der Waals surface area contributed by atoms with E-state index in [1.807, 2.05) is 4.90 Å². The number of rotatable bonds is 2. The maximum absolute atomic E-state index is 11.5. The minimum absolute atomic E-state index is 0.0962. The van der Waals surface area contributed by atoms with Crippen LogP contribution in [0.2, 0.25) is 0 Å². The van der Waals surface area contributed by atoms with E-state index >= 15 is 0 Å². The van der Waals surface area contributed by atoms with Gasteiger partial charge in [-0.15, -0.1) is 0 Å². The number of amides is 1. The summed E-state index contributed by atoms with van der Waals surface area (Å²) in [5.41, 5.74) is 0. The van der Waals surface area contributed by atoms with Crippen LogP contribution in [0.3, 0.4) is 0 Å². The highest BCUT2D eigenvalue weighted by molar-refractivity contribution is 5.78. The molecule has 1 aliphatic heterocycles. The molecule has 5 nitrogen and oxygen atoms in total. The molecule has 2 heterocycles. The molecule has 2 rings (SSSR count). The summed E-state index contributed by atoms with van der Waals surface area (Å²) in [5.74, 6) is 0.566. The van der Waals surface area contributed by atoms with Crippen LogP contribution in [0.4, 0.5) is 0 Å². The normalized spacial score (nSPS) is 16.5. The first-order valence-corrected chi connectivity index (χ1v) is 4.39. The van der Waals surface area contributed by atoms with E-state index < -0.39 is 0 Å². The number of carbonyl (C=O) groups excluding carboxylic acids is 1. The van der Waals surface area contributed by atoms with Crippen molar-refractivity contribution < 1.29 is 9.32 Å². The third-order valence-electron chi connectivity index (χ3n) is 2.18. The van der Waals surface area contributed by atoms with Crippen LogP contribution in [-0.2, 0) is 11.2 Å². The van der Waals surface area contributed by atoms with E-state index in [0.717, 1.165) is 25.9 Å². The van der Waals surface area contributed by atoms with E-state index in [1.165, 1.54) is 6.39 Å². The van der Waals surface area contributed by atoms with Crippen molar-refractivity contribution in [2.75, 3.05) is 13.1 Å². The highest BCUT2D eigenvalue weighted by Crippen LogP contribution is 2.08. The summed E-state index contributed by atoms with van der Waals surface area (Å²) in [5, 5.41) is 3.59. The highest BCUT2D eigenvalue weighted by atomic mass is 16.5. The Morgan fingerprint density at radius 3 is 2.92 bits per heavy atom. The lowest BCUT2D eigenvalue weighted by Crippen LogP contribution is -2.29. The number of carbonyl (C=O) groups is 1. The summed E-state index contributed by atoms with van der Waals surface area (Å²) in [6.45, 7) is 1.74. The van der Waals surface area contributed by atoms with Crippen LogP contribution < -0.4 is 0 Å². The molecule has 1 saturated heterocycles. The molecule has 0 atom stereocenters.